The zero-order valence-electron chi connectivity index (χ0n) is 9.88. The topological polar surface area (TPSA) is 42.3 Å². The van der Waals surface area contributed by atoms with Crippen LogP contribution >= 0.6 is 0 Å². The number of anilines is 1. The number of nitrogens with zero attached hydrogens (tertiary/aromatic N) is 3. The molecule has 1 rings (SSSR count). The fourth-order valence-corrected chi connectivity index (χ4v) is 1.27. The minimum atomic E-state index is -4.33. The lowest BCUT2D eigenvalue weighted by molar-refractivity contribution is -0.190. The fourth-order valence-electron chi connectivity index (χ4n) is 1.27. The first-order valence-corrected chi connectivity index (χ1v) is 4.90. The number of nitrogens with one attached hydrogen (secondary N) is 1. The highest BCUT2D eigenvalue weighted by molar-refractivity contribution is 5.30. The summed E-state index contributed by atoms with van der Waals surface area (Å²) >= 11 is 0. The lowest BCUT2D eigenvalue weighted by Crippen LogP contribution is -2.25. The molecule has 0 unspecified atom stereocenters. The summed E-state index contributed by atoms with van der Waals surface area (Å²) in [7, 11) is 5.45. The van der Waals surface area contributed by atoms with Crippen LogP contribution < -0.4 is 10.4 Å². The van der Waals surface area contributed by atoms with Crippen molar-refractivity contribution < 1.29 is 18.0 Å². The molecule has 0 saturated carbocycles. The molecule has 0 radical (unpaired) electrons. The Hall–Kier alpha value is -1.28. The van der Waals surface area contributed by atoms with Crippen LogP contribution in [0.2, 0.25) is 0 Å². The van der Waals surface area contributed by atoms with Gasteiger partial charge in [0.1, 0.15) is 0 Å². The monoisotopic (exact) mass is 252 g/mol. The van der Waals surface area contributed by atoms with Crippen LogP contribution in [0.1, 0.15) is 5.69 Å². The molecular weight excluding hydrogens is 237 g/mol. The number of alkyl halides is 3. The lowest BCUT2D eigenvalue weighted by atomic mass is 10.5. The predicted molar refractivity (Wildman–Crippen MR) is 56.4 cm³/mol. The quantitative estimate of drug-likeness (QED) is 0.628. The van der Waals surface area contributed by atoms with Gasteiger partial charge < -0.3 is 9.47 Å². The van der Waals surface area contributed by atoms with Crippen molar-refractivity contribution in [1.82, 2.24) is 15.0 Å². The van der Waals surface area contributed by atoms with E-state index in [-0.39, 0.29) is 6.54 Å². The summed E-state index contributed by atoms with van der Waals surface area (Å²) in [5.41, 5.74) is 2.98. The Morgan fingerprint density at radius 1 is 1.47 bits per heavy atom. The second-order valence-electron chi connectivity index (χ2n) is 3.73. The van der Waals surface area contributed by atoms with E-state index in [1.165, 1.54) is 0 Å². The molecule has 1 aromatic heterocycles. The molecule has 5 nitrogen and oxygen atoms in total. The summed E-state index contributed by atoms with van der Waals surface area (Å²) in [5, 5.41) is 0. The molecular formula is C9H15F3N4O. The van der Waals surface area contributed by atoms with Gasteiger partial charge in [0.25, 0.3) is 0 Å². The Morgan fingerprint density at radius 2 is 2.12 bits per heavy atom. The highest BCUT2D eigenvalue weighted by atomic mass is 19.4. The van der Waals surface area contributed by atoms with Gasteiger partial charge in [-0.2, -0.15) is 18.7 Å². The molecule has 0 aliphatic rings. The number of halogens is 3. The van der Waals surface area contributed by atoms with Crippen molar-refractivity contribution in [3.8, 4) is 0 Å². The normalized spacial score (nSPS) is 11.9. The zero-order chi connectivity index (χ0) is 13.1. The number of rotatable bonds is 5. The van der Waals surface area contributed by atoms with E-state index < -0.39 is 12.8 Å². The Balaban J connectivity index is 2.43. The van der Waals surface area contributed by atoms with E-state index in [1.807, 2.05) is 14.1 Å². The first kappa shape index (κ1) is 13.8. The molecule has 1 aromatic rings. The van der Waals surface area contributed by atoms with Crippen molar-refractivity contribution in [2.45, 2.75) is 12.7 Å². The molecule has 0 bridgehead atoms. The highest BCUT2D eigenvalue weighted by Gasteiger charge is 2.27. The van der Waals surface area contributed by atoms with Crippen molar-refractivity contribution >= 4 is 5.95 Å². The van der Waals surface area contributed by atoms with Gasteiger partial charge in [-0.15, -0.1) is 0 Å². The second-order valence-corrected chi connectivity index (χ2v) is 3.73. The van der Waals surface area contributed by atoms with Crippen molar-refractivity contribution in [2.75, 3.05) is 25.6 Å². The Kier molecular flexibility index (Phi) is 4.35. The third-order valence-corrected chi connectivity index (χ3v) is 2.05. The summed E-state index contributed by atoms with van der Waals surface area (Å²) in [6, 6.07) is 0. The number of hydrogen-bond donors (Lipinski definition) is 1. The van der Waals surface area contributed by atoms with Crippen molar-refractivity contribution in [1.29, 1.82) is 0 Å². The van der Waals surface area contributed by atoms with Gasteiger partial charge >= 0.3 is 6.18 Å². The summed E-state index contributed by atoms with van der Waals surface area (Å²) in [6.07, 6.45) is -2.74. The molecule has 17 heavy (non-hydrogen) atoms. The first-order chi connectivity index (χ1) is 7.81. The maximum atomic E-state index is 11.8. The van der Waals surface area contributed by atoms with Crippen molar-refractivity contribution in [3.63, 3.8) is 0 Å². The van der Waals surface area contributed by atoms with Crippen LogP contribution in [0.15, 0.2) is 6.20 Å². The largest absolute Gasteiger partial charge is 0.413 e. The standard InChI is InChI=1S/C9H15F3N4O/c1-15(2)8-13-4-7(16(8)3)5-14-17-6-9(10,11)12/h4,14H,5-6H2,1-3H3. The highest BCUT2D eigenvalue weighted by Crippen LogP contribution is 2.14. The SMILES string of the molecule is CN(C)c1ncc(CNOCC(F)(F)F)n1C. The number of hydrogen-bond acceptors (Lipinski definition) is 4. The van der Waals surface area contributed by atoms with Crippen LogP contribution in [-0.2, 0) is 18.4 Å². The van der Waals surface area contributed by atoms with Crippen LogP contribution in [0, 0.1) is 0 Å². The molecule has 0 aliphatic heterocycles. The molecule has 0 amide bonds. The maximum Gasteiger partial charge on any atom is 0.413 e. The second kappa shape index (κ2) is 5.37. The summed E-state index contributed by atoms with van der Waals surface area (Å²) in [4.78, 5) is 10.2. The van der Waals surface area contributed by atoms with Gasteiger partial charge in [0, 0.05) is 21.1 Å². The summed E-state index contributed by atoms with van der Waals surface area (Å²) in [5.74, 6) is 0.720. The minimum Gasteiger partial charge on any atom is -0.348 e. The van der Waals surface area contributed by atoms with Gasteiger partial charge in [-0.3, -0.25) is 4.84 Å². The fraction of sp³-hybridized carbons (Fsp3) is 0.667. The van der Waals surface area contributed by atoms with E-state index in [4.69, 9.17) is 0 Å². The molecule has 0 spiro atoms. The number of imidazole rings is 1. The van der Waals surface area contributed by atoms with Gasteiger partial charge in [0.2, 0.25) is 5.95 Å². The average Bonchev–Trinajstić information content (AvgIpc) is 2.53. The third-order valence-electron chi connectivity index (χ3n) is 2.05. The molecule has 0 aliphatic carbocycles. The molecule has 0 saturated heterocycles. The average molecular weight is 252 g/mol. The predicted octanol–water partition coefficient (Wildman–Crippen LogP) is 1.07. The van der Waals surface area contributed by atoms with Gasteiger partial charge in [-0.05, 0) is 0 Å². The van der Waals surface area contributed by atoms with Crippen LogP contribution in [0.4, 0.5) is 19.1 Å². The van der Waals surface area contributed by atoms with E-state index in [0.717, 1.165) is 11.6 Å². The van der Waals surface area contributed by atoms with E-state index in [9.17, 15) is 13.2 Å². The van der Waals surface area contributed by atoms with E-state index in [1.54, 1.807) is 22.7 Å². The molecule has 0 atom stereocenters. The van der Waals surface area contributed by atoms with E-state index in [0.29, 0.717) is 0 Å². The van der Waals surface area contributed by atoms with Crippen LogP contribution in [0.25, 0.3) is 0 Å². The Labute approximate surface area is 97.1 Å². The van der Waals surface area contributed by atoms with Gasteiger partial charge in [0.05, 0.1) is 18.4 Å². The van der Waals surface area contributed by atoms with E-state index >= 15 is 0 Å². The minimum absolute atomic E-state index is 0.160. The van der Waals surface area contributed by atoms with E-state index in [2.05, 4.69) is 15.3 Å². The molecule has 8 heteroatoms. The summed E-state index contributed by atoms with van der Waals surface area (Å²) in [6.45, 7) is -1.15. The van der Waals surface area contributed by atoms with Crippen molar-refractivity contribution in [2.24, 2.45) is 7.05 Å². The molecule has 0 aromatic carbocycles. The molecule has 98 valence electrons. The van der Waals surface area contributed by atoms with Crippen LogP contribution in [0.3, 0.4) is 0 Å². The van der Waals surface area contributed by atoms with Crippen molar-refractivity contribution in [3.05, 3.63) is 11.9 Å². The van der Waals surface area contributed by atoms with Gasteiger partial charge in [-0.1, -0.05) is 0 Å². The molecule has 1 N–H and O–H groups in total. The number of aromatic nitrogens is 2. The Morgan fingerprint density at radius 3 is 2.59 bits per heavy atom. The van der Waals surface area contributed by atoms with Gasteiger partial charge in [0.15, 0.2) is 6.61 Å². The molecule has 1 heterocycles. The smallest absolute Gasteiger partial charge is 0.348 e. The van der Waals surface area contributed by atoms with Crippen LogP contribution in [0.5, 0.6) is 0 Å². The van der Waals surface area contributed by atoms with Gasteiger partial charge in [-0.25, -0.2) is 4.98 Å². The first-order valence-electron chi connectivity index (χ1n) is 4.90. The molecule has 0 fully saturated rings. The maximum absolute atomic E-state index is 11.8. The Bertz CT molecular complexity index is 362. The third kappa shape index (κ3) is 4.23. The summed E-state index contributed by atoms with van der Waals surface area (Å²) < 4.78 is 37.1. The van der Waals surface area contributed by atoms with Crippen LogP contribution in [-0.4, -0.2) is 36.4 Å². The number of hydroxylamine groups is 1. The lowest BCUT2D eigenvalue weighted by Gasteiger charge is -2.13. The zero-order valence-corrected chi connectivity index (χ0v) is 9.88.